The molecule has 0 radical (unpaired) electrons. The molecule has 1 N–H and O–H groups in total. The number of benzene rings is 2. The van der Waals surface area contributed by atoms with Gasteiger partial charge in [0.2, 0.25) is 0 Å². The summed E-state index contributed by atoms with van der Waals surface area (Å²) in [6, 6.07) is 14.3. The third-order valence-corrected chi connectivity index (χ3v) is 5.06. The van der Waals surface area contributed by atoms with E-state index in [4.69, 9.17) is 4.74 Å². The van der Waals surface area contributed by atoms with Crippen LogP contribution in [0.3, 0.4) is 0 Å². The monoisotopic (exact) mass is 367 g/mol. The zero-order valence-electron chi connectivity index (χ0n) is 17.7. The van der Waals surface area contributed by atoms with Gasteiger partial charge >= 0.3 is 0 Å². The summed E-state index contributed by atoms with van der Waals surface area (Å²) in [6.45, 7) is 14.7. The molecule has 0 bridgehead atoms. The molecule has 27 heavy (non-hydrogen) atoms. The van der Waals surface area contributed by atoms with Crippen LogP contribution in [0.4, 0.5) is 0 Å². The van der Waals surface area contributed by atoms with Crippen molar-refractivity contribution in [1.82, 2.24) is 5.32 Å². The first kappa shape index (κ1) is 21.0. The molecule has 3 nitrogen and oxygen atoms in total. The summed E-state index contributed by atoms with van der Waals surface area (Å²) in [4.78, 5) is 12.7. The lowest BCUT2D eigenvalue weighted by Gasteiger charge is -2.23. The molecule has 0 aliphatic rings. The number of amides is 1. The molecule has 0 unspecified atom stereocenters. The van der Waals surface area contributed by atoms with E-state index in [1.54, 1.807) is 0 Å². The smallest absolute Gasteiger partial charge is 0.261 e. The minimum absolute atomic E-state index is 0.0658. The van der Waals surface area contributed by atoms with Crippen molar-refractivity contribution in [3.05, 3.63) is 64.7 Å². The first-order valence-corrected chi connectivity index (χ1v) is 9.76. The number of ether oxygens (including phenoxy) is 1. The highest BCUT2D eigenvalue weighted by molar-refractivity contribution is 5.81. The van der Waals surface area contributed by atoms with Crippen molar-refractivity contribution in [3.8, 4) is 5.75 Å². The van der Waals surface area contributed by atoms with Crippen molar-refractivity contribution in [2.75, 3.05) is 0 Å². The van der Waals surface area contributed by atoms with Crippen LogP contribution in [-0.2, 0) is 10.2 Å². The van der Waals surface area contributed by atoms with Gasteiger partial charge in [-0.1, -0.05) is 58.0 Å². The number of hydrogen-bond donors (Lipinski definition) is 1. The van der Waals surface area contributed by atoms with E-state index in [1.165, 1.54) is 11.1 Å². The number of rotatable bonds is 6. The Morgan fingerprint density at radius 2 is 1.67 bits per heavy atom. The van der Waals surface area contributed by atoms with Crippen molar-refractivity contribution < 1.29 is 9.53 Å². The quantitative estimate of drug-likeness (QED) is 0.718. The van der Waals surface area contributed by atoms with E-state index in [-0.39, 0.29) is 17.4 Å². The summed E-state index contributed by atoms with van der Waals surface area (Å²) in [7, 11) is 0. The third-order valence-electron chi connectivity index (χ3n) is 5.06. The van der Waals surface area contributed by atoms with E-state index < -0.39 is 6.10 Å². The molecule has 0 saturated carbocycles. The van der Waals surface area contributed by atoms with Gasteiger partial charge < -0.3 is 10.1 Å². The van der Waals surface area contributed by atoms with Crippen LogP contribution in [0, 0.1) is 13.8 Å². The highest BCUT2D eigenvalue weighted by Crippen LogP contribution is 2.24. The zero-order chi connectivity index (χ0) is 20.2. The predicted molar refractivity (Wildman–Crippen MR) is 112 cm³/mol. The SMILES string of the molecule is CC[C@H](Oc1ccc(C)c(C)c1)C(=O)N[C@@H](C)c1ccc(C(C)(C)C)cc1. The number of carbonyl (C=O) groups excluding carboxylic acids is 1. The first-order chi connectivity index (χ1) is 12.6. The van der Waals surface area contributed by atoms with Gasteiger partial charge in [0.25, 0.3) is 5.91 Å². The maximum absolute atomic E-state index is 12.7. The fourth-order valence-electron chi connectivity index (χ4n) is 2.94. The van der Waals surface area contributed by atoms with Crippen LogP contribution in [0.15, 0.2) is 42.5 Å². The standard InChI is InChI=1S/C24H33NO2/c1-8-22(27-21-14-9-16(2)17(3)15-21)23(26)25-18(4)19-10-12-20(13-11-19)24(5,6)7/h9-15,18,22H,8H2,1-7H3,(H,25,26)/t18-,22-/m0/s1. The predicted octanol–water partition coefficient (Wildman–Crippen LogP) is 5.64. The minimum Gasteiger partial charge on any atom is -0.481 e. The van der Waals surface area contributed by atoms with Crippen molar-refractivity contribution in [2.45, 2.75) is 72.4 Å². The second-order valence-corrected chi connectivity index (χ2v) is 8.36. The van der Waals surface area contributed by atoms with Crippen molar-refractivity contribution in [2.24, 2.45) is 0 Å². The van der Waals surface area contributed by atoms with Crippen LogP contribution in [-0.4, -0.2) is 12.0 Å². The van der Waals surface area contributed by atoms with Gasteiger partial charge in [0.1, 0.15) is 5.75 Å². The Hall–Kier alpha value is -2.29. The van der Waals surface area contributed by atoms with Crippen molar-refractivity contribution in [1.29, 1.82) is 0 Å². The van der Waals surface area contributed by atoms with Crippen LogP contribution in [0.1, 0.15) is 69.3 Å². The van der Waals surface area contributed by atoms with E-state index in [0.717, 1.165) is 16.9 Å². The maximum atomic E-state index is 12.7. The number of hydrogen-bond acceptors (Lipinski definition) is 2. The Labute approximate surface area is 164 Å². The highest BCUT2D eigenvalue weighted by atomic mass is 16.5. The highest BCUT2D eigenvalue weighted by Gasteiger charge is 2.21. The molecule has 146 valence electrons. The third kappa shape index (κ3) is 5.59. The zero-order valence-corrected chi connectivity index (χ0v) is 17.7. The largest absolute Gasteiger partial charge is 0.481 e. The first-order valence-electron chi connectivity index (χ1n) is 9.76. The Kier molecular flexibility index (Phi) is 6.69. The average molecular weight is 368 g/mol. The summed E-state index contributed by atoms with van der Waals surface area (Å²) >= 11 is 0. The van der Waals surface area contributed by atoms with Gasteiger partial charge in [0.15, 0.2) is 6.10 Å². The van der Waals surface area contributed by atoms with E-state index in [1.807, 2.05) is 39.0 Å². The Morgan fingerprint density at radius 1 is 1.04 bits per heavy atom. The lowest BCUT2D eigenvalue weighted by molar-refractivity contribution is -0.128. The lowest BCUT2D eigenvalue weighted by Crippen LogP contribution is -2.39. The molecule has 0 fully saturated rings. The second kappa shape index (κ2) is 8.60. The van der Waals surface area contributed by atoms with Gasteiger partial charge in [0, 0.05) is 0 Å². The molecule has 3 heteroatoms. The van der Waals surface area contributed by atoms with Gasteiger partial charge in [-0.2, -0.15) is 0 Å². The van der Waals surface area contributed by atoms with E-state index in [9.17, 15) is 4.79 Å². The number of aryl methyl sites for hydroxylation is 2. The molecule has 0 spiro atoms. The molecule has 1 amide bonds. The summed E-state index contributed by atoms with van der Waals surface area (Å²) in [5.41, 5.74) is 4.88. The van der Waals surface area contributed by atoms with Gasteiger partial charge in [0.05, 0.1) is 6.04 Å². The average Bonchev–Trinajstić information content (AvgIpc) is 2.61. The number of nitrogens with one attached hydrogen (secondary N) is 1. The fraction of sp³-hybridized carbons (Fsp3) is 0.458. The molecule has 0 heterocycles. The summed E-state index contributed by atoms with van der Waals surface area (Å²) in [6.07, 6.45) is 0.123. The van der Waals surface area contributed by atoms with E-state index >= 15 is 0 Å². The topological polar surface area (TPSA) is 38.3 Å². The van der Waals surface area contributed by atoms with Crippen LogP contribution in [0.2, 0.25) is 0 Å². The molecular weight excluding hydrogens is 334 g/mol. The Bertz CT molecular complexity index is 772. The molecule has 0 aliphatic carbocycles. The van der Waals surface area contributed by atoms with E-state index in [0.29, 0.717) is 6.42 Å². The maximum Gasteiger partial charge on any atom is 0.261 e. The molecule has 2 rings (SSSR count). The van der Waals surface area contributed by atoms with Crippen LogP contribution in [0.5, 0.6) is 5.75 Å². The van der Waals surface area contributed by atoms with Crippen LogP contribution < -0.4 is 10.1 Å². The minimum atomic E-state index is -0.497. The molecule has 0 aliphatic heterocycles. The molecule has 0 aromatic heterocycles. The van der Waals surface area contributed by atoms with Crippen molar-refractivity contribution in [3.63, 3.8) is 0 Å². The molecular formula is C24H33NO2. The molecule has 0 saturated heterocycles. The molecule has 2 aromatic rings. The van der Waals surface area contributed by atoms with Crippen LogP contribution >= 0.6 is 0 Å². The lowest BCUT2D eigenvalue weighted by atomic mass is 9.86. The van der Waals surface area contributed by atoms with E-state index in [2.05, 4.69) is 57.3 Å². The Balaban J connectivity index is 2.03. The molecule has 2 aromatic carbocycles. The summed E-state index contributed by atoms with van der Waals surface area (Å²) < 4.78 is 5.95. The second-order valence-electron chi connectivity index (χ2n) is 8.36. The van der Waals surface area contributed by atoms with Gasteiger partial charge in [-0.25, -0.2) is 0 Å². The Morgan fingerprint density at radius 3 is 2.19 bits per heavy atom. The van der Waals surface area contributed by atoms with Crippen molar-refractivity contribution >= 4 is 5.91 Å². The van der Waals surface area contributed by atoms with Gasteiger partial charge in [-0.05, 0) is 67.0 Å². The fourth-order valence-corrected chi connectivity index (χ4v) is 2.94. The summed E-state index contributed by atoms with van der Waals surface area (Å²) in [5, 5.41) is 3.09. The normalized spacial score (nSPS) is 13.7. The van der Waals surface area contributed by atoms with Crippen LogP contribution in [0.25, 0.3) is 0 Å². The van der Waals surface area contributed by atoms with Gasteiger partial charge in [-0.15, -0.1) is 0 Å². The number of carbonyl (C=O) groups is 1. The van der Waals surface area contributed by atoms with Gasteiger partial charge in [-0.3, -0.25) is 4.79 Å². The molecule has 2 atom stereocenters. The summed E-state index contributed by atoms with van der Waals surface area (Å²) in [5.74, 6) is 0.658.